The number of fused-ring (bicyclic) bond motifs is 1. The predicted molar refractivity (Wildman–Crippen MR) is 159 cm³/mol. The molecule has 196 valence electrons. The van der Waals surface area contributed by atoms with Gasteiger partial charge in [-0.2, -0.15) is 0 Å². The van der Waals surface area contributed by atoms with Crippen molar-refractivity contribution >= 4 is 62.9 Å². The SMILES string of the molecule is C/C=C(\SC)c1ccc(N)c(NC)c1.CC.O=Cc1ccc(CNc2nc3cc(Cl)c(F)cc3[nH]2)cc1. The molecule has 0 saturated carbocycles. The summed E-state index contributed by atoms with van der Waals surface area (Å²) in [5.41, 5.74) is 11.6. The van der Waals surface area contributed by atoms with Crippen LogP contribution in [0.25, 0.3) is 15.9 Å². The number of hydrogen-bond acceptors (Lipinski definition) is 6. The van der Waals surface area contributed by atoms with E-state index in [2.05, 4.69) is 39.0 Å². The third-order valence-corrected chi connectivity index (χ3v) is 6.39. The van der Waals surface area contributed by atoms with E-state index in [1.165, 1.54) is 22.6 Å². The number of thioether (sulfide) groups is 1. The standard InChI is InChI=1S/C15H11ClFN3O.C11H16N2S.C2H6/c16-11-5-13-14(6-12(11)17)20-15(19-13)18-7-9-1-3-10(8-21)4-2-9;1-4-11(14-3)8-5-6-9(12)10(7-8)13-2;1-2/h1-6,8H,7H2,(H2,18,19,20);4-7,13H,12H2,1-3H3;1-2H3/b;11-4-;. The van der Waals surface area contributed by atoms with E-state index in [1.807, 2.05) is 52.1 Å². The van der Waals surface area contributed by atoms with Crippen LogP contribution in [0.5, 0.6) is 0 Å². The number of aromatic nitrogens is 2. The third kappa shape index (κ3) is 8.27. The molecule has 0 fully saturated rings. The zero-order chi connectivity index (χ0) is 27.4. The van der Waals surface area contributed by atoms with Crippen LogP contribution >= 0.6 is 23.4 Å². The molecular formula is C28H33ClFN5OS. The highest BCUT2D eigenvalue weighted by atomic mass is 35.5. The number of hydrogen-bond donors (Lipinski definition) is 4. The predicted octanol–water partition coefficient (Wildman–Crippen LogP) is 7.84. The number of nitrogens with one attached hydrogen (secondary N) is 3. The molecule has 5 N–H and O–H groups in total. The largest absolute Gasteiger partial charge is 0.397 e. The van der Waals surface area contributed by atoms with Crippen molar-refractivity contribution in [3.63, 3.8) is 0 Å². The zero-order valence-electron chi connectivity index (χ0n) is 21.7. The van der Waals surface area contributed by atoms with Crippen molar-refractivity contribution in [2.24, 2.45) is 0 Å². The maximum absolute atomic E-state index is 13.4. The van der Waals surface area contributed by atoms with E-state index >= 15 is 0 Å². The minimum absolute atomic E-state index is 0.0463. The van der Waals surface area contributed by atoms with Gasteiger partial charge in [-0.1, -0.05) is 61.9 Å². The van der Waals surface area contributed by atoms with Crippen LogP contribution in [0, 0.1) is 5.82 Å². The van der Waals surface area contributed by atoms with Crippen LogP contribution < -0.4 is 16.4 Å². The van der Waals surface area contributed by atoms with Crippen LogP contribution in [-0.2, 0) is 6.54 Å². The van der Waals surface area contributed by atoms with Gasteiger partial charge in [0.1, 0.15) is 12.1 Å². The molecule has 0 aliphatic carbocycles. The quantitative estimate of drug-likeness (QED) is 0.140. The first-order valence-corrected chi connectivity index (χ1v) is 13.4. The summed E-state index contributed by atoms with van der Waals surface area (Å²) in [7, 11) is 1.88. The molecule has 0 aliphatic heterocycles. The number of carbonyl (C=O) groups excluding carboxylic acids is 1. The van der Waals surface area contributed by atoms with E-state index < -0.39 is 5.82 Å². The molecule has 3 aromatic carbocycles. The Morgan fingerprint density at radius 2 is 1.86 bits per heavy atom. The number of nitrogens with two attached hydrogens (primary N) is 1. The zero-order valence-corrected chi connectivity index (χ0v) is 23.2. The normalized spacial score (nSPS) is 10.6. The maximum Gasteiger partial charge on any atom is 0.201 e. The minimum Gasteiger partial charge on any atom is -0.397 e. The summed E-state index contributed by atoms with van der Waals surface area (Å²) in [6.45, 7) is 6.58. The fourth-order valence-corrected chi connectivity index (χ4v) is 4.07. The lowest BCUT2D eigenvalue weighted by Crippen LogP contribution is -2.00. The highest BCUT2D eigenvalue weighted by molar-refractivity contribution is 8.07. The van der Waals surface area contributed by atoms with Gasteiger partial charge in [0.15, 0.2) is 0 Å². The molecule has 4 rings (SSSR count). The third-order valence-electron chi connectivity index (χ3n) is 5.19. The molecule has 0 amide bonds. The highest BCUT2D eigenvalue weighted by Crippen LogP contribution is 2.29. The average Bonchev–Trinajstić information content (AvgIpc) is 3.32. The number of nitrogens with zero attached hydrogens (tertiary/aromatic N) is 1. The Morgan fingerprint density at radius 3 is 2.46 bits per heavy atom. The van der Waals surface area contributed by atoms with E-state index in [9.17, 15) is 9.18 Å². The van der Waals surface area contributed by atoms with Crippen LogP contribution in [0.15, 0.2) is 60.7 Å². The van der Waals surface area contributed by atoms with Gasteiger partial charge >= 0.3 is 0 Å². The molecule has 1 aromatic heterocycles. The van der Waals surface area contributed by atoms with Crippen molar-refractivity contribution in [2.75, 3.05) is 29.7 Å². The number of H-pyrrole nitrogens is 1. The second-order valence-electron chi connectivity index (χ2n) is 7.49. The van der Waals surface area contributed by atoms with Gasteiger partial charge < -0.3 is 21.4 Å². The lowest BCUT2D eigenvalue weighted by molar-refractivity contribution is 0.112. The fourth-order valence-electron chi connectivity index (χ4n) is 3.32. The Kier molecular flexibility index (Phi) is 12.0. The van der Waals surface area contributed by atoms with E-state index in [4.69, 9.17) is 17.3 Å². The van der Waals surface area contributed by atoms with Crippen molar-refractivity contribution in [3.05, 3.63) is 88.2 Å². The van der Waals surface area contributed by atoms with Gasteiger partial charge in [-0.15, -0.1) is 11.8 Å². The second-order valence-corrected chi connectivity index (χ2v) is 8.75. The molecular weight excluding hydrogens is 509 g/mol. The van der Waals surface area contributed by atoms with Gasteiger partial charge in [-0.3, -0.25) is 4.79 Å². The monoisotopic (exact) mass is 541 g/mol. The first-order valence-electron chi connectivity index (χ1n) is 11.8. The average molecular weight is 542 g/mol. The van der Waals surface area contributed by atoms with Crippen LogP contribution in [0.4, 0.5) is 21.7 Å². The molecule has 0 spiro atoms. The van der Waals surface area contributed by atoms with Crippen molar-refractivity contribution in [2.45, 2.75) is 27.3 Å². The van der Waals surface area contributed by atoms with Gasteiger partial charge in [-0.25, -0.2) is 9.37 Å². The van der Waals surface area contributed by atoms with E-state index in [1.54, 1.807) is 23.9 Å². The van der Waals surface area contributed by atoms with Crippen LogP contribution in [-0.4, -0.2) is 29.6 Å². The molecule has 0 aliphatic rings. The molecule has 6 nitrogen and oxygen atoms in total. The fraction of sp³-hybridized carbons (Fsp3) is 0.214. The summed E-state index contributed by atoms with van der Waals surface area (Å²) < 4.78 is 13.4. The number of rotatable bonds is 7. The Labute approximate surface area is 226 Å². The second kappa shape index (κ2) is 14.9. The van der Waals surface area contributed by atoms with E-state index in [0.717, 1.165) is 23.2 Å². The number of aldehydes is 1. The molecule has 37 heavy (non-hydrogen) atoms. The van der Waals surface area contributed by atoms with Crippen molar-refractivity contribution in [3.8, 4) is 0 Å². The van der Waals surface area contributed by atoms with Gasteiger partial charge in [0.25, 0.3) is 0 Å². The summed E-state index contributed by atoms with van der Waals surface area (Å²) in [6.07, 6.45) is 4.98. The number of carbonyl (C=O) groups is 1. The number of aromatic amines is 1. The molecule has 0 atom stereocenters. The van der Waals surface area contributed by atoms with Crippen molar-refractivity contribution in [1.82, 2.24) is 9.97 Å². The number of benzene rings is 3. The van der Waals surface area contributed by atoms with Gasteiger partial charge in [0.05, 0.1) is 27.4 Å². The number of imidazole rings is 1. The molecule has 4 aromatic rings. The summed E-state index contributed by atoms with van der Waals surface area (Å²) in [6, 6.07) is 16.0. The molecule has 0 saturated heterocycles. The molecule has 0 unspecified atom stereocenters. The Balaban J connectivity index is 0.000000263. The first-order chi connectivity index (χ1) is 17.9. The summed E-state index contributed by atoms with van der Waals surface area (Å²) in [5, 5.41) is 6.23. The number of allylic oxidation sites excluding steroid dienone is 1. The lowest BCUT2D eigenvalue weighted by atomic mass is 10.1. The molecule has 1 heterocycles. The van der Waals surface area contributed by atoms with Crippen LogP contribution in [0.2, 0.25) is 5.02 Å². The van der Waals surface area contributed by atoms with Crippen LogP contribution in [0.1, 0.15) is 42.3 Å². The van der Waals surface area contributed by atoms with E-state index in [-0.39, 0.29) is 5.02 Å². The maximum atomic E-state index is 13.4. The highest BCUT2D eigenvalue weighted by Gasteiger charge is 2.07. The van der Waals surface area contributed by atoms with Crippen molar-refractivity contribution in [1.29, 1.82) is 0 Å². The first kappa shape index (κ1) is 29.7. The van der Waals surface area contributed by atoms with E-state index in [0.29, 0.717) is 29.1 Å². The topological polar surface area (TPSA) is 95.8 Å². The van der Waals surface area contributed by atoms with Gasteiger partial charge in [-0.05, 0) is 42.5 Å². The molecule has 9 heteroatoms. The van der Waals surface area contributed by atoms with Crippen LogP contribution in [0.3, 0.4) is 0 Å². The summed E-state index contributed by atoms with van der Waals surface area (Å²) in [4.78, 5) is 19.1. The summed E-state index contributed by atoms with van der Waals surface area (Å²) >= 11 is 7.46. The van der Waals surface area contributed by atoms with Gasteiger partial charge in [0.2, 0.25) is 5.95 Å². The smallest absolute Gasteiger partial charge is 0.201 e. The molecule has 0 radical (unpaired) electrons. The Morgan fingerprint density at radius 1 is 1.16 bits per heavy atom. The number of anilines is 3. The van der Waals surface area contributed by atoms with Crippen molar-refractivity contribution < 1.29 is 9.18 Å². The number of nitrogen functional groups attached to an aromatic ring is 1. The molecule has 0 bridgehead atoms. The lowest BCUT2D eigenvalue weighted by Gasteiger charge is -2.09. The minimum atomic E-state index is -0.483. The Bertz CT molecular complexity index is 1300. The van der Waals surface area contributed by atoms with Gasteiger partial charge in [0, 0.05) is 30.1 Å². The number of halogens is 2. The Hall–Kier alpha value is -3.49. The summed E-state index contributed by atoms with van der Waals surface area (Å²) in [5.74, 6) is 0.0509.